The third-order valence-electron chi connectivity index (χ3n) is 4.83. The lowest BCUT2D eigenvalue weighted by Gasteiger charge is -2.12. The lowest BCUT2D eigenvalue weighted by molar-refractivity contribution is -0.133. The van der Waals surface area contributed by atoms with E-state index in [2.05, 4.69) is 10.6 Å². The maximum Gasteiger partial charge on any atom is 0.390 e. The van der Waals surface area contributed by atoms with Crippen LogP contribution in [0, 0.1) is 5.92 Å². The third-order valence-corrected chi connectivity index (χ3v) is 6.84. The minimum atomic E-state index is -4.43. The van der Waals surface area contributed by atoms with Crippen LogP contribution >= 0.6 is 69.6 Å². The van der Waals surface area contributed by atoms with E-state index in [0.717, 1.165) is 6.07 Å². The number of rotatable bonds is 6. The second kappa shape index (κ2) is 9.88. The molecule has 13 heteroatoms. The van der Waals surface area contributed by atoms with Crippen molar-refractivity contribution in [3.63, 3.8) is 0 Å². The monoisotopic (exact) mass is 580 g/mol. The van der Waals surface area contributed by atoms with Crippen molar-refractivity contribution in [2.24, 2.45) is 5.92 Å². The molecule has 1 aliphatic rings. The van der Waals surface area contributed by atoms with E-state index in [1.807, 2.05) is 0 Å². The van der Waals surface area contributed by atoms with Crippen molar-refractivity contribution >= 4 is 87.1 Å². The molecule has 3 rings (SSSR count). The molecule has 0 spiro atoms. The molecule has 0 bridgehead atoms. The Kier molecular flexibility index (Phi) is 7.94. The number of amides is 2. The van der Waals surface area contributed by atoms with Crippen LogP contribution in [0.15, 0.2) is 30.3 Å². The first-order valence-corrected chi connectivity index (χ1v) is 11.5. The molecule has 0 aliphatic heterocycles. The Morgan fingerprint density at radius 3 is 2.12 bits per heavy atom. The highest BCUT2D eigenvalue weighted by Crippen LogP contribution is 2.65. The number of benzene rings is 2. The molecule has 33 heavy (non-hydrogen) atoms. The normalized spacial score (nSPS) is 19.2. The molecule has 1 fully saturated rings. The zero-order chi connectivity index (χ0) is 24.7. The molecule has 178 valence electrons. The van der Waals surface area contributed by atoms with Crippen molar-refractivity contribution in [3.8, 4) is 0 Å². The summed E-state index contributed by atoms with van der Waals surface area (Å²) in [6, 6.07) is 7.03. The average Bonchev–Trinajstić information content (AvgIpc) is 3.24. The Balaban J connectivity index is 1.77. The minimum Gasteiger partial charge on any atom is -0.352 e. The summed E-state index contributed by atoms with van der Waals surface area (Å²) in [7, 11) is 0. The molecule has 2 aromatic rings. The van der Waals surface area contributed by atoms with Crippen molar-refractivity contribution in [2.45, 2.75) is 22.8 Å². The van der Waals surface area contributed by atoms with Gasteiger partial charge in [-0.3, -0.25) is 9.59 Å². The lowest BCUT2D eigenvalue weighted by Crippen LogP contribution is -2.28. The molecule has 2 amide bonds. The third kappa shape index (κ3) is 6.32. The van der Waals surface area contributed by atoms with Gasteiger partial charge in [0.05, 0.1) is 33.6 Å². The van der Waals surface area contributed by atoms with Crippen LogP contribution in [0.2, 0.25) is 20.1 Å². The molecular formula is C20H13Cl6F3N2O2. The Morgan fingerprint density at radius 2 is 1.55 bits per heavy atom. The first-order chi connectivity index (χ1) is 15.2. The maximum atomic E-state index is 12.9. The lowest BCUT2D eigenvalue weighted by atomic mass is 10.1. The topological polar surface area (TPSA) is 58.2 Å². The zero-order valence-corrected chi connectivity index (χ0v) is 20.7. The second-order valence-corrected chi connectivity index (χ2v) is 10.4. The predicted molar refractivity (Wildman–Crippen MR) is 125 cm³/mol. The summed E-state index contributed by atoms with van der Waals surface area (Å²) in [5.41, 5.74) is 0.394. The molecule has 1 aliphatic carbocycles. The van der Waals surface area contributed by atoms with Crippen LogP contribution in [0.1, 0.15) is 28.3 Å². The Hall–Kier alpha value is -1.09. The Morgan fingerprint density at radius 1 is 0.939 bits per heavy atom. The number of hydrogen-bond donors (Lipinski definition) is 2. The minimum absolute atomic E-state index is 0.00191. The number of carbonyl (C=O) groups excluding carboxylic acids is 2. The fourth-order valence-electron chi connectivity index (χ4n) is 3.26. The quantitative estimate of drug-likeness (QED) is 0.346. The van der Waals surface area contributed by atoms with Gasteiger partial charge in [0.2, 0.25) is 5.91 Å². The molecule has 0 aromatic heterocycles. The van der Waals surface area contributed by atoms with Gasteiger partial charge in [-0.05, 0) is 35.9 Å². The second-order valence-electron chi connectivity index (χ2n) is 7.25. The molecule has 0 unspecified atom stereocenters. The van der Waals surface area contributed by atoms with Gasteiger partial charge in [-0.1, -0.05) is 46.4 Å². The number of carbonyl (C=O) groups is 2. The summed E-state index contributed by atoms with van der Waals surface area (Å²) in [6.07, 6.45) is -5.64. The van der Waals surface area contributed by atoms with Crippen LogP contribution in [0.5, 0.6) is 0 Å². The highest BCUT2D eigenvalue weighted by molar-refractivity contribution is 6.53. The van der Waals surface area contributed by atoms with Crippen LogP contribution in [0.3, 0.4) is 0 Å². The summed E-state index contributed by atoms with van der Waals surface area (Å²) < 4.78 is 35.5. The van der Waals surface area contributed by atoms with Crippen LogP contribution in [0.25, 0.3) is 0 Å². The van der Waals surface area contributed by atoms with E-state index < -0.39 is 47.1 Å². The van der Waals surface area contributed by atoms with E-state index in [9.17, 15) is 22.8 Å². The number of alkyl halides is 5. The summed E-state index contributed by atoms with van der Waals surface area (Å²) in [6.45, 7) is -0.643. The van der Waals surface area contributed by atoms with Gasteiger partial charge in [0.1, 0.15) is 4.33 Å². The summed E-state index contributed by atoms with van der Waals surface area (Å²) >= 11 is 36.8. The zero-order valence-electron chi connectivity index (χ0n) is 16.2. The number of anilines is 1. The van der Waals surface area contributed by atoms with Gasteiger partial charge in [-0.25, -0.2) is 0 Å². The molecule has 2 aromatic carbocycles. The molecule has 2 atom stereocenters. The fraction of sp³-hybridized carbons (Fsp3) is 0.300. The van der Waals surface area contributed by atoms with E-state index in [0.29, 0.717) is 15.6 Å². The first kappa shape index (κ1) is 26.5. The van der Waals surface area contributed by atoms with E-state index >= 15 is 0 Å². The van der Waals surface area contributed by atoms with Crippen molar-refractivity contribution in [1.82, 2.24) is 5.32 Å². The van der Waals surface area contributed by atoms with Gasteiger partial charge < -0.3 is 10.6 Å². The van der Waals surface area contributed by atoms with E-state index in [1.165, 1.54) is 12.1 Å². The smallest absolute Gasteiger partial charge is 0.352 e. The summed E-state index contributed by atoms with van der Waals surface area (Å²) in [4.78, 5) is 25.1. The fourth-order valence-corrected chi connectivity index (χ4v) is 5.15. The van der Waals surface area contributed by atoms with Crippen LogP contribution in [-0.2, 0) is 4.79 Å². The first-order valence-electron chi connectivity index (χ1n) is 9.19. The number of nitrogens with one attached hydrogen (secondary N) is 2. The molecule has 1 saturated carbocycles. The van der Waals surface area contributed by atoms with Crippen LogP contribution in [-0.4, -0.2) is 28.9 Å². The van der Waals surface area contributed by atoms with Crippen molar-refractivity contribution in [3.05, 3.63) is 61.5 Å². The largest absolute Gasteiger partial charge is 0.390 e. The number of halogens is 9. The standard InChI is InChI=1S/C20H13Cl6F3N2O2/c21-9-3-8(4-10(22)5-9)15-16(20(15,25)26)18(33)31-14-6-11(12(23)7-13(14)24)17(32)30-2-1-19(27,28)29/h3-7,15-16H,1-2H2,(H,30,32)(H,31,33)/t15-,16+/m0/s1. The molecule has 0 radical (unpaired) electrons. The van der Waals surface area contributed by atoms with Crippen molar-refractivity contribution in [2.75, 3.05) is 11.9 Å². The predicted octanol–water partition coefficient (Wildman–Crippen LogP) is 7.51. The van der Waals surface area contributed by atoms with Crippen LogP contribution in [0.4, 0.5) is 18.9 Å². The summed E-state index contributed by atoms with van der Waals surface area (Å²) in [5, 5.41) is 5.23. The molecule has 2 N–H and O–H groups in total. The van der Waals surface area contributed by atoms with E-state index in [4.69, 9.17) is 69.6 Å². The van der Waals surface area contributed by atoms with E-state index in [-0.39, 0.29) is 21.3 Å². The molecule has 0 heterocycles. The summed E-state index contributed by atoms with van der Waals surface area (Å²) in [5.74, 6) is -2.98. The van der Waals surface area contributed by atoms with Gasteiger partial charge >= 0.3 is 6.18 Å². The SMILES string of the molecule is O=C(NCCC(F)(F)F)c1cc(NC(=O)[C@H]2[C@H](c3cc(Cl)cc(Cl)c3)C2(Cl)Cl)c(Cl)cc1Cl. The Bertz CT molecular complexity index is 1090. The average molecular weight is 583 g/mol. The highest BCUT2D eigenvalue weighted by Gasteiger charge is 2.67. The van der Waals surface area contributed by atoms with Gasteiger partial charge in [0.25, 0.3) is 5.91 Å². The Labute approximate surface area is 216 Å². The van der Waals surface area contributed by atoms with Gasteiger partial charge in [-0.2, -0.15) is 13.2 Å². The molecule has 4 nitrogen and oxygen atoms in total. The van der Waals surface area contributed by atoms with E-state index in [1.54, 1.807) is 12.1 Å². The molecular weight excluding hydrogens is 570 g/mol. The highest BCUT2D eigenvalue weighted by atomic mass is 35.5. The van der Waals surface area contributed by atoms with Crippen molar-refractivity contribution in [1.29, 1.82) is 0 Å². The van der Waals surface area contributed by atoms with Gasteiger partial charge in [-0.15, -0.1) is 23.2 Å². The van der Waals surface area contributed by atoms with Gasteiger partial charge in [0.15, 0.2) is 0 Å². The van der Waals surface area contributed by atoms with Crippen molar-refractivity contribution < 1.29 is 22.8 Å². The molecule has 0 saturated heterocycles. The maximum absolute atomic E-state index is 12.9. The van der Waals surface area contributed by atoms with Crippen LogP contribution < -0.4 is 10.6 Å². The van der Waals surface area contributed by atoms with Gasteiger partial charge in [0, 0.05) is 22.5 Å². The number of hydrogen-bond acceptors (Lipinski definition) is 2.